The molecule has 0 saturated heterocycles. The molecule has 0 unspecified atom stereocenters. The second-order valence-electron chi connectivity index (χ2n) is 5.35. The quantitative estimate of drug-likeness (QED) is 0.620. The highest BCUT2D eigenvalue weighted by Crippen LogP contribution is 2.23. The molecule has 0 aliphatic carbocycles. The lowest BCUT2D eigenvalue weighted by atomic mass is 10.3. The van der Waals surface area contributed by atoms with Crippen molar-refractivity contribution in [2.45, 2.75) is 18.6 Å². The summed E-state index contributed by atoms with van der Waals surface area (Å²) in [7, 11) is 0. The molecule has 0 spiro atoms. The molecule has 3 N–H and O–H groups in total. The monoisotopic (exact) mass is 369 g/mol. The van der Waals surface area contributed by atoms with Crippen molar-refractivity contribution >= 4 is 29.3 Å². The van der Waals surface area contributed by atoms with E-state index in [1.165, 1.54) is 11.8 Å². The number of para-hydroxylation sites is 1. The van der Waals surface area contributed by atoms with Crippen molar-refractivity contribution in [3.05, 3.63) is 54.6 Å². The fourth-order valence-corrected chi connectivity index (χ4v) is 2.93. The van der Waals surface area contributed by atoms with E-state index in [1.807, 2.05) is 37.3 Å². The number of amides is 1. The molecular formula is C18H19N5O2S. The van der Waals surface area contributed by atoms with Gasteiger partial charge in [0, 0.05) is 5.69 Å². The van der Waals surface area contributed by atoms with E-state index in [2.05, 4.69) is 15.5 Å². The summed E-state index contributed by atoms with van der Waals surface area (Å²) in [5, 5.41) is 11.3. The summed E-state index contributed by atoms with van der Waals surface area (Å²) in [4.78, 5) is 12.3. The van der Waals surface area contributed by atoms with Crippen LogP contribution in [0.1, 0.15) is 6.92 Å². The Kier molecular flexibility index (Phi) is 5.75. The maximum absolute atomic E-state index is 12.3. The van der Waals surface area contributed by atoms with Gasteiger partial charge in [0.2, 0.25) is 11.9 Å². The highest BCUT2D eigenvalue weighted by atomic mass is 32.2. The number of hydrogen-bond acceptors (Lipinski definition) is 6. The highest BCUT2D eigenvalue weighted by Gasteiger charge is 2.13. The Bertz CT molecular complexity index is 865. The third-order valence-electron chi connectivity index (χ3n) is 3.44. The third kappa shape index (κ3) is 4.54. The van der Waals surface area contributed by atoms with Gasteiger partial charge in [-0.15, -0.1) is 10.2 Å². The number of anilines is 2. The average molecular weight is 369 g/mol. The number of nitrogens with two attached hydrogens (primary N) is 1. The molecule has 1 amide bonds. The Hall–Kier alpha value is -3.00. The van der Waals surface area contributed by atoms with E-state index in [0.29, 0.717) is 16.6 Å². The smallest absolute Gasteiger partial charge is 0.244 e. The van der Waals surface area contributed by atoms with Gasteiger partial charge < -0.3 is 15.8 Å². The first-order valence-corrected chi connectivity index (χ1v) is 9.08. The van der Waals surface area contributed by atoms with Crippen molar-refractivity contribution in [1.29, 1.82) is 0 Å². The summed E-state index contributed by atoms with van der Waals surface area (Å²) >= 11 is 1.49. The predicted octanol–water partition coefficient (Wildman–Crippen LogP) is 3.40. The van der Waals surface area contributed by atoms with E-state index < -0.39 is 0 Å². The SMILES string of the molecule is CCSc1nnc(N)n1CC(=O)Nc1ccc(Oc2ccccc2)cc1. The number of benzene rings is 2. The maximum atomic E-state index is 12.3. The zero-order chi connectivity index (χ0) is 18.4. The third-order valence-corrected chi connectivity index (χ3v) is 4.29. The number of ether oxygens (including phenoxy) is 1. The van der Waals surface area contributed by atoms with Gasteiger partial charge in [-0.25, -0.2) is 0 Å². The van der Waals surface area contributed by atoms with Crippen LogP contribution in [-0.4, -0.2) is 26.4 Å². The molecule has 1 aromatic heterocycles. The molecule has 3 rings (SSSR count). The number of thioether (sulfide) groups is 1. The zero-order valence-corrected chi connectivity index (χ0v) is 15.1. The molecule has 3 aromatic rings. The van der Waals surface area contributed by atoms with Gasteiger partial charge >= 0.3 is 0 Å². The molecule has 0 bridgehead atoms. The van der Waals surface area contributed by atoms with E-state index in [-0.39, 0.29) is 18.4 Å². The minimum absolute atomic E-state index is 0.0590. The molecule has 2 aromatic carbocycles. The summed E-state index contributed by atoms with van der Waals surface area (Å²) in [5.41, 5.74) is 6.46. The van der Waals surface area contributed by atoms with Crippen molar-refractivity contribution < 1.29 is 9.53 Å². The summed E-state index contributed by atoms with van der Waals surface area (Å²) in [6, 6.07) is 16.7. The van der Waals surface area contributed by atoms with Gasteiger partial charge in [0.05, 0.1) is 0 Å². The lowest BCUT2D eigenvalue weighted by Crippen LogP contribution is -2.20. The fourth-order valence-electron chi connectivity index (χ4n) is 2.26. The first kappa shape index (κ1) is 17.8. The van der Waals surface area contributed by atoms with Crippen LogP contribution in [-0.2, 0) is 11.3 Å². The molecule has 26 heavy (non-hydrogen) atoms. The second kappa shape index (κ2) is 8.39. The van der Waals surface area contributed by atoms with Crippen molar-refractivity contribution in [1.82, 2.24) is 14.8 Å². The molecule has 0 aliphatic heterocycles. The highest BCUT2D eigenvalue weighted by molar-refractivity contribution is 7.99. The Morgan fingerprint density at radius 2 is 1.81 bits per heavy atom. The zero-order valence-electron chi connectivity index (χ0n) is 14.3. The van der Waals surface area contributed by atoms with Crippen LogP contribution in [0.15, 0.2) is 59.8 Å². The fraction of sp³-hybridized carbons (Fsp3) is 0.167. The Balaban J connectivity index is 1.60. The minimum atomic E-state index is -0.203. The van der Waals surface area contributed by atoms with Gasteiger partial charge in [-0.2, -0.15) is 0 Å². The Morgan fingerprint density at radius 1 is 1.12 bits per heavy atom. The average Bonchev–Trinajstić information content (AvgIpc) is 2.98. The number of rotatable bonds is 7. The number of aromatic nitrogens is 3. The molecule has 0 fully saturated rings. The molecule has 1 heterocycles. The first-order chi connectivity index (χ1) is 12.7. The van der Waals surface area contributed by atoms with Gasteiger partial charge in [0.15, 0.2) is 5.16 Å². The number of hydrogen-bond donors (Lipinski definition) is 2. The van der Waals surface area contributed by atoms with E-state index in [9.17, 15) is 4.79 Å². The van der Waals surface area contributed by atoms with Crippen LogP contribution < -0.4 is 15.8 Å². The number of nitrogens with zero attached hydrogens (tertiary/aromatic N) is 3. The maximum Gasteiger partial charge on any atom is 0.244 e. The number of nitrogens with one attached hydrogen (secondary N) is 1. The molecule has 8 heteroatoms. The van der Waals surface area contributed by atoms with Crippen LogP contribution in [0.4, 0.5) is 11.6 Å². The van der Waals surface area contributed by atoms with Crippen LogP contribution in [0.25, 0.3) is 0 Å². The van der Waals surface area contributed by atoms with E-state index >= 15 is 0 Å². The van der Waals surface area contributed by atoms with Crippen molar-refractivity contribution in [3.8, 4) is 11.5 Å². The van der Waals surface area contributed by atoms with Crippen LogP contribution >= 0.6 is 11.8 Å². The summed E-state index contributed by atoms with van der Waals surface area (Å²) in [6.45, 7) is 2.06. The van der Waals surface area contributed by atoms with Gasteiger partial charge in [0.25, 0.3) is 0 Å². The lowest BCUT2D eigenvalue weighted by Gasteiger charge is -2.10. The molecule has 0 atom stereocenters. The molecule has 0 saturated carbocycles. The first-order valence-electron chi connectivity index (χ1n) is 8.10. The van der Waals surface area contributed by atoms with Gasteiger partial charge in [0.1, 0.15) is 18.0 Å². The number of carbonyl (C=O) groups is 1. The molecule has 0 radical (unpaired) electrons. The van der Waals surface area contributed by atoms with Crippen LogP contribution in [0.5, 0.6) is 11.5 Å². The van der Waals surface area contributed by atoms with Crippen molar-refractivity contribution in [2.24, 2.45) is 0 Å². The molecule has 7 nitrogen and oxygen atoms in total. The topological polar surface area (TPSA) is 95.1 Å². The van der Waals surface area contributed by atoms with E-state index in [0.717, 1.165) is 11.5 Å². The second-order valence-corrected chi connectivity index (χ2v) is 6.58. The Labute approximate surface area is 155 Å². The van der Waals surface area contributed by atoms with Crippen LogP contribution in [0, 0.1) is 0 Å². The molecular weight excluding hydrogens is 350 g/mol. The molecule has 0 aliphatic rings. The largest absolute Gasteiger partial charge is 0.457 e. The predicted molar refractivity (Wildman–Crippen MR) is 102 cm³/mol. The van der Waals surface area contributed by atoms with Crippen LogP contribution in [0.2, 0.25) is 0 Å². The Morgan fingerprint density at radius 3 is 2.50 bits per heavy atom. The summed E-state index contributed by atoms with van der Waals surface area (Å²) < 4.78 is 7.32. The van der Waals surface area contributed by atoms with Gasteiger partial charge in [-0.3, -0.25) is 9.36 Å². The van der Waals surface area contributed by atoms with Gasteiger partial charge in [-0.05, 0) is 42.2 Å². The van der Waals surface area contributed by atoms with E-state index in [4.69, 9.17) is 10.5 Å². The van der Waals surface area contributed by atoms with Crippen molar-refractivity contribution in [3.63, 3.8) is 0 Å². The standard InChI is InChI=1S/C18H19N5O2S/c1-2-26-18-22-21-17(19)23(18)12-16(24)20-13-8-10-15(11-9-13)25-14-6-4-3-5-7-14/h3-11H,2,12H2,1H3,(H2,19,21)(H,20,24). The van der Waals surface area contributed by atoms with E-state index in [1.54, 1.807) is 28.8 Å². The number of nitrogen functional groups attached to an aromatic ring is 1. The summed E-state index contributed by atoms with van der Waals surface area (Å²) in [6.07, 6.45) is 0. The minimum Gasteiger partial charge on any atom is -0.457 e. The van der Waals surface area contributed by atoms with Crippen molar-refractivity contribution in [2.75, 3.05) is 16.8 Å². The lowest BCUT2D eigenvalue weighted by molar-refractivity contribution is -0.116. The molecule has 134 valence electrons. The summed E-state index contributed by atoms with van der Waals surface area (Å²) in [5.74, 6) is 2.30. The number of carbonyl (C=O) groups excluding carboxylic acids is 1. The van der Waals surface area contributed by atoms with Crippen LogP contribution in [0.3, 0.4) is 0 Å². The normalized spacial score (nSPS) is 10.5. The van der Waals surface area contributed by atoms with Gasteiger partial charge in [-0.1, -0.05) is 36.9 Å².